The predicted octanol–water partition coefficient (Wildman–Crippen LogP) is 2.29. The molecule has 1 saturated heterocycles. The minimum Gasteiger partial charge on any atom is -0.449 e. The van der Waals surface area contributed by atoms with Gasteiger partial charge >= 0.3 is 0 Å². The largest absolute Gasteiger partial charge is 0.449 e. The summed E-state index contributed by atoms with van der Waals surface area (Å²) < 4.78 is 5.20. The predicted molar refractivity (Wildman–Crippen MR) is 84.4 cm³/mol. The molecular weight excluding hydrogens is 286 g/mol. The molecule has 2 heterocycles. The molecule has 1 atom stereocenters. The van der Waals surface area contributed by atoms with Crippen LogP contribution in [0.1, 0.15) is 5.89 Å². The van der Waals surface area contributed by atoms with Gasteiger partial charge in [-0.25, -0.2) is 4.98 Å². The molecular formula is C15H17N3O2S. The highest BCUT2D eigenvalue weighted by Crippen LogP contribution is 2.21. The number of benzene rings is 1. The van der Waals surface area contributed by atoms with Crippen molar-refractivity contribution in [1.82, 2.24) is 10.3 Å². The Labute approximate surface area is 127 Å². The number of hydrogen-bond donors (Lipinski definition) is 2. The fourth-order valence-electron chi connectivity index (χ4n) is 2.18. The van der Waals surface area contributed by atoms with Gasteiger partial charge in [-0.15, -0.1) is 0 Å². The van der Waals surface area contributed by atoms with Gasteiger partial charge in [-0.3, -0.25) is 4.79 Å². The van der Waals surface area contributed by atoms with Crippen LogP contribution in [0, 0.1) is 6.92 Å². The zero-order valence-electron chi connectivity index (χ0n) is 11.8. The lowest BCUT2D eigenvalue weighted by atomic mass is 10.1. The van der Waals surface area contributed by atoms with Gasteiger partial charge in [0.05, 0.1) is 6.04 Å². The number of oxazole rings is 1. The third-order valence-electron chi connectivity index (χ3n) is 3.31. The van der Waals surface area contributed by atoms with Gasteiger partial charge in [-0.2, -0.15) is 11.8 Å². The molecule has 1 aromatic carbocycles. The van der Waals surface area contributed by atoms with Crippen molar-refractivity contribution < 1.29 is 9.21 Å². The van der Waals surface area contributed by atoms with Crippen molar-refractivity contribution in [2.75, 3.05) is 23.4 Å². The Hall–Kier alpha value is -1.79. The van der Waals surface area contributed by atoms with E-state index in [4.69, 9.17) is 4.42 Å². The summed E-state index contributed by atoms with van der Waals surface area (Å²) >= 11 is 1.80. The normalized spacial score (nSPS) is 18.4. The topological polar surface area (TPSA) is 67.2 Å². The molecule has 1 aromatic heterocycles. The molecule has 5 nitrogen and oxygen atoms in total. The maximum absolute atomic E-state index is 12.1. The number of hydrogen-bond acceptors (Lipinski definition) is 5. The van der Waals surface area contributed by atoms with E-state index in [2.05, 4.69) is 15.6 Å². The molecule has 0 spiro atoms. The van der Waals surface area contributed by atoms with Gasteiger partial charge in [-0.05, 0) is 12.1 Å². The zero-order chi connectivity index (χ0) is 14.7. The Kier molecular flexibility index (Phi) is 4.26. The van der Waals surface area contributed by atoms with Crippen LogP contribution in [0.15, 0.2) is 34.9 Å². The van der Waals surface area contributed by atoms with Gasteiger partial charge < -0.3 is 15.1 Å². The number of carbonyl (C=O) groups is 1. The summed E-state index contributed by atoms with van der Waals surface area (Å²) in [6.07, 6.45) is 1.63. The molecule has 0 saturated carbocycles. The lowest BCUT2D eigenvalue weighted by molar-refractivity contribution is -0.117. The molecule has 6 heteroatoms. The van der Waals surface area contributed by atoms with E-state index in [1.807, 2.05) is 31.2 Å². The van der Waals surface area contributed by atoms with E-state index in [-0.39, 0.29) is 11.9 Å². The molecule has 1 unspecified atom stereocenters. The van der Waals surface area contributed by atoms with Crippen LogP contribution >= 0.6 is 11.8 Å². The van der Waals surface area contributed by atoms with E-state index in [0.29, 0.717) is 5.89 Å². The minimum atomic E-state index is -0.110. The molecule has 3 rings (SSSR count). The van der Waals surface area contributed by atoms with E-state index >= 15 is 0 Å². The highest BCUT2D eigenvalue weighted by Gasteiger charge is 2.20. The highest BCUT2D eigenvalue weighted by molar-refractivity contribution is 7.99. The minimum absolute atomic E-state index is 0.0206. The summed E-state index contributed by atoms with van der Waals surface area (Å²) in [4.78, 5) is 16.4. The first-order valence-corrected chi connectivity index (χ1v) is 8.02. The van der Waals surface area contributed by atoms with Crippen LogP contribution in [-0.2, 0) is 4.79 Å². The van der Waals surface area contributed by atoms with Crippen molar-refractivity contribution in [2.45, 2.75) is 13.0 Å². The average molecular weight is 303 g/mol. The van der Waals surface area contributed by atoms with Gasteiger partial charge in [-0.1, -0.05) is 12.1 Å². The summed E-state index contributed by atoms with van der Waals surface area (Å²) in [5.74, 6) is 2.55. The quantitative estimate of drug-likeness (QED) is 0.910. The molecule has 21 heavy (non-hydrogen) atoms. The SMILES string of the molecule is Cc1nc(-c2ccc(NC(=O)C3CSCCN3)cc2)co1. The second kappa shape index (κ2) is 6.32. The van der Waals surface area contributed by atoms with E-state index in [0.717, 1.165) is 35.0 Å². The third kappa shape index (κ3) is 3.46. The van der Waals surface area contributed by atoms with Crippen molar-refractivity contribution >= 4 is 23.4 Å². The molecule has 1 amide bonds. The number of nitrogens with zero attached hydrogens (tertiary/aromatic N) is 1. The number of amides is 1. The number of carbonyl (C=O) groups excluding carboxylic acids is 1. The lowest BCUT2D eigenvalue weighted by Crippen LogP contribution is -2.46. The molecule has 0 radical (unpaired) electrons. The summed E-state index contributed by atoms with van der Waals surface area (Å²) in [5, 5.41) is 6.16. The Morgan fingerprint density at radius 1 is 1.43 bits per heavy atom. The fraction of sp³-hybridized carbons (Fsp3) is 0.333. The van der Waals surface area contributed by atoms with Gasteiger partial charge in [0.1, 0.15) is 12.0 Å². The summed E-state index contributed by atoms with van der Waals surface area (Å²) in [7, 11) is 0. The van der Waals surface area contributed by atoms with Crippen LogP contribution in [0.25, 0.3) is 11.3 Å². The summed E-state index contributed by atoms with van der Waals surface area (Å²) in [6, 6.07) is 7.51. The van der Waals surface area contributed by atoms with Crippen LogP contribution in [-0.4, -0.2) is 35.0 Å². The second-order valence-electron chi connectivity index (χ2n) is 4.90. The smallest absolute Gasteiger partial charge is 0.242 e. The van der Waals surface area contributed by atoms with Crippen molar-refractivity contribution in [3.8, 4) is 11.3 Å². The molecule has 2 aromatic rings. The Morgan fingerprint density at radius 3 is 2.86 bits per heavy atom. The molecule has 0 aliphatic carbocycles. The maximum Gasteiger partial charge on any atom is 0.242 e. The second-order valence-corrected chi connectivity index (χ2v) is 6.05. The van der Waals surface area contributed by atoms with E-state index in [1.54, 1.807) is 18.0 Å². The number of aromatic nitrogens is 1. The standard InChI is InChI=1S/C15H17N3O2S/c1-10-17-13(8-20-10)11-2-4-12(5-3-11)18-15(19)14-9-21-7-6-16-14/h2-5,8,14,16H,6-7,9H2,1H3,(H,18,19). The van der Waals surface area contributed by atoms with Crippen molar-refractivity contribution in [1.29, 1.82) is 0 Å². The van der Waals surface area contributed by atoms with Crippen LogP contribution in [0.3, 0.4) is 0 Å². The fourth-order valence-corrected chi connectivity index (χ4v) is 3.12. The van der Waals surface area contributed by atoms with Crippen LogP contribution in [0.5, 0.6) is 0 Å². The Balaban J connectivity index is 1.65. The number of aryl methyl sites for hydroxylation is 1. The van der Waals surface area contributed by atoms with E-state index in [1.165, 1.54) is 0 Å². The molecule has 1 fully saturated rings. The number of thioether (sulfide) groups is 1. The van der Waals surface area contributed by atoms with Gasteiger partial charge in [0.15, 0.2) is 5.89 Å². The average Bonchev–Trinajstić information content (AvgIpc) is 2.95. The molecule has 1 aliphatic heterocycles. The first-order chi connectivity index (χ1) is 10.2. The van der Waals surface area contributed by atoms with Crippen molar-refractivity contribution in [2.24, 2.45) is 0 Å². The van der Waals surface area contributed by atoms with E-state index < -0.39 is 0 Å². The van der Waals surface area contributed by atoms with Crippen LogP contribution in [0.2, 0.25) is 0 Å². The molecule has 0 bridgehead atoms. The maximum atomic E-state index is 12.1. The first-order valence-electron chi connectivity index (χ1n) is 6.87. The number of nitrogens with one attached hydrogen (secondary N) is 2. The number of rotatable bonds is 3. The van der Waals surface area contributed by atoms with Crippen LogP contribution < -0.4 is 10.6 Å². The first kappa shape index (κ1) is 14.2. The van der Waals surface area contributed by atoms with Gasteiger partial charge in [0.2, 0.25) is 5.91 Å². The van der Waals surface area contributed by atoms with Crippen molar-refractivity contribution in [3.63, 3.8) is 0 Å². The molecule has 110 valence electrons. The van der Waals surface area contributed by atoms with Gasteiger partial charge in [0, 0.05) is 36.2 Å². The molecule has 1 aliphatic rings. The molecule has 2 N–H and O–H groups in total. The highest BCUT2D eigenvalue weighted by atomic mass is 32.2. The van der Waals surface area contributed by atoms with Crippen LogP contribution in [0.4, 0.5) is 5.69 Å². The van der Waals surface area contributed by atoms with Crippen molar-refractivity contribution in [3.05, 3.63) is 36.4 Å². The summed E-state index contributed by atoms with van der Waals surface area (Å²) in [6.45, 7) is 2.69. The third-order valence-corrected chi connectivity index (χ3v) is 4.37. The van der Waals surface area contributed by atoms with Gasteiger partial charge in [0.25, 0.3) is 0 Å². The monoisotopic (exact) mass is 303 g/mol. The Bertz CT molecular complexity index is 618. The zero-order valence-corrected chi connectivity index (χ0v) is 12.6. The summed E-state index contributed by atoms with van der Waals surface area (Å²) in [5.41, 5.74) is 2.56. The van der Waals surface area contributed by atoms with E-state index in [9.17, 15) is 4.79 Å². The number of anilines is 1. The lowest BCUT2D eigenvalue weighted by Gasteiger charge is -2.22. The Morgan fingerprint density at radius 2 is 2.24 bits per heavy atom.